The van der Waals surface area contributed by atoms with Gasteiger partial charge in [-0.1, -0.05) is 11.6 Å². The number of phenols is 1. The molecular weight excluding hydrogens is 230 g/mol. The van der Waals surface area contributed by atoms with Crippen molar-refractivity contribution in [1.82, 2.24) is 10.2 Å². The lowest BCUT2D eigenvalue weighted by Gasteiger charge is -2.10. The van der Waals surface area contributed by atoms with E-state index in [2.05, 4.69) is 10.2 Å². The fraction of sp³-hybridized carbons (Fsp3) is 0.100. The number of ether oxygens (including phenoxy) is 1. The standard InChI is InChI=1S/C10H10ClN3O2/c1-16-9-5(2-3-7(11)8(9)15)6-4-13-14-10(6)12/h2-4,15H,1H3,(H3,12,13,14). The van der Waals surface area contributed by atoms with Gasteiger partial charge < -0.3 is 15.6 Å². The van der Waals surface area contributed by atoms with Gasteiger partial charge in [0.2, 0.25) is 0 Å². The number of anilines is 1. The van der Waals surface area contributed by atoms with Crippen LogP contribution in [-0.4, -0.2) is 22.4 Å². The molecule has 0 saturated heterocycles. The predicted octanol–water partition coefficient (Wildman–Crippen LogP) is 2.03. The number of benzene rings is 1. The number of methoxy groups -OCH3 is 1. The average Bonchev–Trinajstić information content (AvgIpc) is 2.68. The van der Waals surface area contributed by atoms with E-state index in [1.54, 1.807) is 18.3 Å². The monoisotopic (exact) mass is 239 g/mol. The normalized spacial score (nSPS) is 10.4. The number of hydrogen-bond donors (Lipinski definition) is 3. The molecular formula is C10H10ClN3O2. The zero-order chi connectivity index (χ0) is 11.7. The van der Waals surface area contributed by atoms with E-state index >= 15 is 0 Å². The molecule has 0 aliphatic carbocycles. The number of aromatic nitrogens is 2. The molecule has 6 heteroatoms. The van der Waals surface area contributed by atoms with Gasteiger partial charge in [0.25, 0.3) is 0 Å². The molecule has 0 aliphatic heterocycles. The first kappa shape index (κ1) is 10.6. The van der Waals surface area contributed by atoms with Crippen LogP contribution in [0.15, 0.2) is 18.3 Å². The molecule has 2 aromatic rings. The summed E-state index contributed by atoms with van der Waals surface area (Å²) in [6, 6.07) is 3.28. The summed E-state index contributed by atoms with van der Waals surface area (Å²) in [5.41, 5.74) is 6.99. The molecule has 16 heavy (non-hydrogen) atoms. The summed E-state index contributed by atoms with van der Waals surface area (Å²) < 4.78 is 5.10. The summed E-state index contributed by atoms with van der Waals surface area (Å²) in [7, 11) is 1.45. The Bertz CT molecular complexity index is 525. The Morgan fingerprint density at radius 3 is 2.75 bits per heavy atom. The molecule has 0 bridgehead atoms. The van der Waals surface area contributed by atoms with Gasteiger partial charge in [-0.25, -0.2) is 0 Å². The van der Waals surface area contributed by atoms with Crippen LogP contribution in [-0.2, 0) is 0 Å². The topological polar surface area (TPSA) is 84.2 Å². The maximum absolute atomic E-state index is 9.74. The van der Waals surface area contributed by atoms with Gasteiger partial charge in [-0.3, -0.25) is 5.10 Å². The van der Waals surface area contributed by atoms with Gasteiger partial charge in [0.1, 0.15) is 5.82 Å². The number of hydrogen-bond acceptors (Lipinski definition) is 4. The van der Waals surface area contributed by atoms with E-state index in [9.17, 15) is 5.11 Å². The number of H-pyrrole nitrogens is 1. The van der Waals surface area contributed by atoms with E-state index in [4.69, 9.17) is 22.1 Å². The van der Waals surface area contributed by atoms with E-state index in [1.807, 2.05) is 0 Å². The molecule has 0 radical (unpaired) electrons. The second kappa shape index (κ2) is 3.94. The van der Waals surface area contributed by atoms with Gasteiger partial charge in [0.05, 0.1) is 18.3 Å². The summed E-state index contributed by atoms with van der Waals surface area (Å²) in [5.74, 6) is 0.572. The highest BCUT2D eigenvalue weighted by molar-refractivity contribution is 6.32. The van der Waals surface area contributed by atoms with Crippen LogP contribution in [0.2, 0.25) is 5.02 Å². The fourth-order valence-electron chi connectivity index (χ4n) is 1.48. The van der Waals surface area contributed by atoms with Crippen molar-refractivity contribution in [3.63, 3.8) is 0 Å². The second-order valence-electron chi connectivity index (χ2n) is 3.17. The van der Waals surface area contributed by atoms with Crippen molar-refractivity contribution in [1.29, 1.82) is 0 Å². The lowest BCUT2D eigenvalue weighted by atomic mass is 10.1. The molecule has 2 rings (SSSR count). The summed E-state index contributed by atoms with van der Waals surface area (Å²) in [4.78, 5) is 0. The van der Waals surface area contributed by atoms with Crippen molar-refractivity contribution in [2.45, 2.75) is 0 Å². The molecule has 0 unspecified atom stereocenters. The summed E-state index contributed by atoms with van der Waals surface area (Å²) >= 11 is 5.78. The van der Waals surface area contributed by atoms with Crippen LogP contribution in [0.4, 0.5) is 5.82 Å². The van der Waals surface area contributed by atoms with E-state index in [0.717, 1.165) is 0 Å². The van der Waals surface area contributed by atoms with Crippen LogP contribution in [0.5, 0.6) is 11.5 Å². The number of nitrogens with two attached hydrogens (primary N) is 1. The molecule has 0 fully saturated rings. The molecule has 0 spiro atoms. The Morgan fingerprint density at radius 1 is 1.44 bits per heavy atom. The van der Waals surface area contributed by atoms with Crippen LogP contribution in [0.25, 0.3) is 11.1 Å². The number of nitrogen functional groups attached to an aromatic ring is 1. The number of aromatic hydroxyl groups is 1. The van der Waals surface area contributed by atoms with Crippen LogP contribution >= 0.6 is 11.6 Å². The molecule has 0 amide bonds. The number of nitrogens with one attached hydrogen (secondary N) is 1. The minimum Gasteiger partial charge on any atom is -0.503 e. The van der Waals surface area contributed by atoms with Crippen molar-refractivity contribution in [2.24, 2.45) is 0 Å². The number of halogens is 1. The van der Waals surface area contributed by atoms with Crippen molar-refractivity contribution in [2.75, 3.05) is 12.8 Å². The maximum atomic E-state index is 9.74. The first-order valence-corrected chi connectivity index (χ1v) is 4.87. The highest BCUT2D eigenvalue weighted by Gasteiger charge is 2.16. The maximum Gasteiger partial charge on any atom is 0.177 e. The molecule has 0 aliphatic rings. The summed E-state index contributed by atoms with van der Waals surface area (Å²) in [6.07, 6.45) is 1.56. The fourth-order valence-corrected chi connectivity index (χ4v) is 1.63. The number of nitrogens with zero attached hydrogens (tertiary/aromatic N) is 1. The molecule has 1 aromatic carbocycles. The lowest BCUT2D eigenvalue weighted by Crippen LogP contribution is -1.92. The van der Waals surface area contributed by atoms with Gasteiger partial charge in [-0.2, -0.15) is 5.10 Å². The molecule has 4 N–H and O–H groups in total. The van der Waals surface area contributed by atoms with E-state index < -0.39 is 0 Å². The third-order valence-corrected chi connectivity index (χ3v) is 2.55. The summed E-state index contributed by atoms with van der Waals surface area (Å²) in [6.45, 7) is 0. The minimum absolute atomic E-state index is 0.109. The third-order valence-electron chi connectivity index (χ3n) is 2.25. The van der Waals surface area contributed by atoms with Crippen LogP contribution < -0.4 is 10.5 Å². The molecule has 5 nitrogen and oxygen atoms in total. The second-order valence-corrected chi connectivity index (χ2v) is 3.58. The van der Waals surface area contributed by atoms with Crippen molar-refractivity contribution < 1.29 is 9.84 Å². The first-order chi connectivity index (χ1) is 7.65. The Morgan fingerprint density at radius 2 is 2.19 bits per heavy atom. The Balaban J connectivity index is 2.66. The van der Waals surface area contributed by atoms with Crippen LogP contribution in [0, 0.1) is 0 Å². The predicted molar refractivity (Wildman–Crippen MR) is 61.7 cm³/mol. The highest BCUT2D eigenvalue weighted by atomic mass is 35.5. The smallest absolute Gasteiger partial charge is 0.177 e. The zero-order valence-electron chi connectivity index (χ0n) is 8.49. The van der Waals surface area contributed by atoms with Gasteiger partial charge >= 0.3 is 0 Å². The minimum atomic E-state index is -0.109. The van der Waals surface area contributed by atoms with Crippen molar-refractivity contribution in [3.8, 4) is 22.6 Å². The van der Waals surface area contributed by atoms with E-state index in [-0.39, 0.29) is 16.5 Å². The number of phenolic OH excluding ortho intramolecular Hbond substituents is 1. The zero-order valence-corrected chi connectivity index (χ0v) is 9.25. The van der Waals surface area contributed by atoms with Gasteiger partial charge in [-0.15, -0.1) is 0 Å². The van der Waals surface area contributed by atoms with Gasteiger partial charge in [-0.05, 0) is 12.1 Å². The largest absolute Gasteiger partial charge is 0.503 e. The number of rotatable bonds is 2. The molecule has 1 heterocycles. The summed E-state index contributed by atoms with van der Waals surface area (Å²) in [5, 5.41) is 16.4. The van der Waals surface area contributed by atoms with E-state index in [0.29, 0.717) is 16.9 Å². The molecule has 1 aromatic heterocycles. The molecule has 0 atom stereocenters. The Labute approximate surface area is 96.8 Å². The quantitative estimate of drug-likeness (QED) is 0.749. The van der Waals surface area contributed by atoms with Crippen LogP contribution in [0.1, 0.15) is 0 Å². The number of aromatic amines is 1. The Kier molecular flexibility index (Phi) is 2.62. The molecule has 84 valence electrons. The van der Waals surface area contributed by atoms with Crippen LogP contribution in [0.3, 0.4) is 0 Å². The van der Waals surface area contributed by atoms with Crippen molar-refractivity contribution in [3.05, 3.63) is 23.4 Å². The molecule has 0 saturated carbocycles. The lowest BCUT2D eigenvalue weighted by molar-refractivity contribution is 0.375. The highest BCUT2D eigenvalue weighted by Crippen LogP contribution is 2.42. The SMILES string of the molecule is COc1c(-c2cn[nH]c2N)ccc(Cl)c1O. The first-order valence-electron chi connectivity index (χ1n) is 4.49. The van der Waals surface area contributed by atoms with E-state index in [1.165, 1.54) is 7.11 Å². The third kappa shape index (κ3) is 1.55. The van der Waals surface area contributed by atoms with Gasteiger partial charge in [0.15, 0.2) is 11.5 Å². The average molecular weight is 240 g/mol. The Hall–Kier alpha value is -1.88. The van der Waals surface area contributed by atoms with Crippen molar-refractivity contribution >= 4 is 17.4 Å². The van der Waals surface area contributed by atoms with Gasteiger partial charge in [0, 0.05) is 11.1 Å².